The van der Waals surface area contributed by atoms with Crippen molar-refractivity contribution in [2.75, 3.05) is 22.8 Å². The first-order valence-electron chi connectivity index (χ1n) is 8.92. The lowest BCUT2D eigenvalue weighted by Crippen LogP contribution is -2.35. The lowest BCUT2D eigenvalue weighted by Gasteiger charge is -2.27. The molecular weight excluding hydrogens is 398 g/mol. The SMILES string of the molecule is Cc1ccc(NC(=O)CCC(=O)N2CCc3sccc3C2)cc1NS(C)(=O)=O. The number of anilines is 2. The molecule has 2 heterocycles. The maximum Gasteiger partial charge on any atom is 0.229 e. The van der Waals surface area contributed by atoms with Gasteiger partial charge in [-0.2, -0.15) is 0 Å². The lowest BCUT2D eigenvalue weighted by molar-refractivity contribution is -0.133. The van der Waals surface area contributed by atoms with Crippen molar-refractivity contribution in [2.45, 2.75) is 32.7 Å². The summed E-state index contributed by atoms with van der Waals surface area (Å²) in [5, 5.41) is 4.76. The van der Waals surface area contributed by atoms with Gasteiger partial charge >= 0.3 is 0 Å². The first kappa shape index (κ1) is 20.3. The molecule has 0 radical (unpaired) electrons. The fraction of sp³-hybridized carbons (Fsp3) is 0.368. The molecule has 0 bridgehead atoms. The first-order chi connectivity index (χ1) is 13.2. The molecule has 1 aromatic carbocycles. The second kappa shape index (κ2) is 8.32. The van der Waals surface area contributed by atoms with Crippen molar-refractivity contribution in [3.63, 3.8) is 0 Å². The Bertz CT molecular complexity index is 998. The third-order valence-corrected chi connectivity index (χ3v) is 6.16. The molecule has 2 N–H and O–H groups in total. The molecule has 0 unspecified atom stereocenters. The summed E-state index contributed by atoms with van der Waals surface area (Å²) in [6.45, 7) is 3.07. The number of hydrogen-bond acceptors (Lipinski definition) is 5. The Hall–Kier alpha value is -2.39. The highest BCUT2D eigenvalue weighted by Crippen LogP contribution is 2.25. The van der Waals surface area contributed by atoms with E-state index in [1.165, 1.54) is 10.4 Å². The smallest absolute Gasteiger partial charge is 0.229 e. The number of nitrogens with zero attached hydrogens (tertiary/aromatic N) is 1. The van der Waals surface area contributed by atoms with Crippen molar-refractivity contribution in [1.82, 2.24) is 4.90 Å². The van der Waals surface area contributed by atoms with E-state index in [4.69, 9.17) is 0 Å². The number of sulfonamides is 1. The van der Waals surface area contributed by atoms with Crippen LogP contribution in [0, 0.1) is 6.92 Å². The second-order valence-corrected chi connectivity index (χ2v) is 9.64. The van der Waals surface area contributed by atoms with E-state index in [-0.39, 0.29) is 24.7 Å². The number of rotatable bonds is 6. The van der Waals surface area contributed by atoms with Crippen molar-refractivity contribution < 1.29 is 18.0 Å². The van der Waals surface area contributed by atoms with Crippen LogP contribution in [0.3, 0.4) is 0 Å². The molecular formula is C19H23N3O4S2. The predicted octanol–water partition coefficient (Wildman–Crippen LogP) is 2.73. The summed E-state index contributed by atoms with van der Waals surface area (Å²) in [6, 6.07) is 7.04. The van der Waals surface area contributed by atoms with Gasteiger partial charge in [-0.1, -0.05) is 6.07 Å². The summed E-state index contributed by atoms with van der Waals surface area (Å²) in [7, 11) is -3.41. The molecule has 0 atom stereocenters. The minimum absolute atomic E-state index is 0.0321. The third-order valence-electron chi connectivity index (χ3n) is 4.54. The van der Waals surface area contributed by atoms with Crippen molar-refractivity contribution in [2.24, 2.45) is 0 Å². The van der Waals surface area contributed by atoms with Gasteiger partial charge in [-0.3, -0.25) is 14.3 Å². The predicted molar refractivity (Wildman–Crippen MR) is 111 cm³/mol. The molecule has 2 amide bonds. The maximum absolute atomic E-state index is 12.4. The zero-order valence-corrected chi connectivity index (χ0v) is 17.5. The quantitative estimate of drug-likeness (QED) is 0.750. The second-order valence-electron chi connectivity index (χ2n) is 6.89. The fourth-order valence-electron chi connectivity index (χ4n) is 3.07. The summed E-state index contributed by atoms with van der Waals surface area (Å²) in [6.07, 6.45) is 2.16. The highest BCUT2D eigenvalue weighted by Gasteiger charge is 2.21. The number of aryl methyl sites for hydroxylation is 1. The molecule has 7 nitrogen and oxygen atoms in total. The Labute approximate surface area is 168 Å². The standard InChI is InChI=1S/C19H23N3O4S2/c1-13-3-4-15(11-16(13)21-28(2,25)26)20-18(23)5-6-19(24)22-9-7-17-14(12-22)8-10-27-17/h3-4,8,10-11,21H,5-7,9,12H2,1-2H3,(H,20,23). The van der Waals surface area contributed by atoms with E-state index in [0.29, 0.717) is 24.5 Å². The zero-order valence-electron chi connectivity index (χ0n) is 15.8. The van der Waals surface area contributed by atoms with Gasteiger partial charge in [0.1, 0.15) is 0 Å². The van der Waals surface area contributed by atoms with Crippen LogP contribution in [0.1, 0.15) is 28.8 Å². The van der Waals surface area contributed by atoms with Crippen LogP contribution in [-0.4, -0.2) is 37.9 Å². The van der Waals surface area contributed by atoms with Crippen LogP contribution < -0.4 is 10.0 Å². The van der Waals surface area contributed by atoms with Crippen molar-refractivity contribution in [3.8, 4) is 0 Å². The molecule has 0 saturated heterocycles. The van der Waals surface area contributed by atoms with Crippen LogP contribution in [0.2, 0.25) is 0 Å². The molecule has 0 fully saturated rings. The molecule has 0 spiro atoms. The Balaban J connectivity index is 1.53. The van der Waals surface area contributed by atoms with Gasteiger partial charge in [-0.05, 0) is 48.1 Å². The molecule has 3 rings (SSSR count). The Kier molecular flexibility index (Phi) is 6.04. The van der Waals surface area contributed by atoms with Crippen LogP contribution >= 0.6 is 11.3 Å². The molecule has 0 saturated carbocycles. The van der Waals surface area contributed by atoms with E-state index in [1.54, 1.807) is 41.4 Å². The Morgan fingerprint density at radius 1 is 1.21 bits per heavy atom. The van der Waals surface area contributed by atoms with Crippen LogP contribution in [0.4, 0.5) is 11.4 Å². The van der Waals surface area contributed by atoms with E-state index >= 15 is 0 Å². The van der Waals surface area contributed by atoms with Crippen LogP contribution in [0.25, 0.3) is 0 Å². The van der Waals surface area contributed by atoms with E-state index in [9.17, 15) is 18.0 Å². The zero-order chi connectivity index (χ0) is 20.3. The van der Waals surface area contributed by atoms with Crippen LogP contribution in [0.15, 0.2) is 29.6 Å². The number of hydrogen-bond donors (Lipinski definition) is 2. The molecule has 150 valence electrons. The molecule has 9 heteroatoms. The van der Waals surface area contributed by atoms with Crippen molar-refractivity contribution in [3.05, 3.63) is 45.6 Å². The molecule has 28 heavy (non-hydrogen) atoms. The third kappa shape index (κ3) is 5.32. The van der Waals surface area contributed by atoms with Crippen molar-refractivity contribution >= 4 is 44.5 Å². The van der Waals surface area contributed by atoms with Crippen LogP contribution in [-0.2, 0) is 32.6 Å². The fourth-order valence-corrected chi connectivity index (χ4v) is 4.58. The largest absolute Gasteiger partial charge is 0.338 e. The van der Waals surface area contributed by atoms with Gasteiger partial charge in [-0.15, -0.1) is 11.3 Å². The number of nitrogens with one attached hydrogen (secondary N) is 2. The number of carbonyl (C=O) groups is 2. The van der Waals surface area contributed by atoms with E-state index < -0.39 is 10.0 Å². The van der Waals surface area contributed by atoms with E-state index in [1.807, 2.05) is 11.4 Å². The molecule has 2 aromatic rings. The lowest BCUT2D eigenvalue weighted by atomic mass is 10.1. The Morgan fingerprint density at radius 2 is 2.00 bits per heavy atom. The minimum Gasteiger partial charge on any atom is -0.338 e. The van der Waals surface area contributed by atoms with Gasteiger partial charge in [0.25, 0.3) is 0 Å². The number of fused-ring (bicyclic) bond motifs is 1. The van der Waals surface area contributed by atoms with Crippen molar-refractivity contribution in [1.29, 1.82) is 0 Å². The van der Waals surface area contributed by atoms with E-state index in [2.05, 4.69) is 10.0 Å². The molecule has 1 aromatic heterocycles. The summed E-state index contributed by atoms with van der Waals surface area (Å²) < 4.78 is 25.3. The van der Waals surface area contributed by atoms with Gasteiger partial charge in [-0.25, -0.2) is 8.42 Å². The number of amides is 2. The number of carbonyl (C=O) groups excluding carboxylic acids is 2. The van der Waals surface area contributed by atoms with E-state index in [0.717, 1.165) is 18.2 Å². The average molecular weight is 422 g/mol. The minimum atomic E-state index is -3.41. The van der Waals surface area contributed by atoms with Crippen LogP contribution in [0.5, 0.6) is 0 Å². The molecule has 0 aliphatic carbocycles. The molecule has 1 aliphatic rings. The highest BCUT2D eigenvalue weighted by atomic mass is 32.2. The van der Waals surface area contributed by atoms with Gasteiger partial charge in [0.2, 0.25) is 21.8 Å². The molecule has 1 aliphatic heterocycles. The highest BCUT2D eigenvalue weighted by molar-refractivity contribution is 7.92. The summed E-state index contributed by atoms with van der Waals surface area (Å²) >= 11 is 1.72. The summed E-state index contributed by atoms with van der Waals surface area (Å²) in [5.41, 5.74) is 2.84. The average Bonchev–Trinajstić information content (AvgIpc) is 3.09. The summed E-state index contributed by atoms with van der Waals surface area (Å²) in [5.74, 6) is -0.314. The maximum atomic E-state index is 12.4. The van der Waals surface area contributed by atoms with Gasteiger partial charge in [0, 0.05) is 36.5 Å². The normalized spacial score (nSPS) is 13.7. The number of benzene rings is 1. The topological polar surface area (TPSA) is 95.6 Å². The van der Waals surface area contributed by atoms with Gasteiger partial charge in [0.05, 0.1) is 11.9 Å². The summed E-state index contributed by atoms with van der Waals surface area (Å²) in [4.78, 5) is 27.8. The van der Waals surface area contributed by atoms with Gasteiger partial charge in [0.15, 0.2) is 0 Å². The number of thiophene rings is 1. The van der Waals surface area contributed by atoms with Gasteiger partial charge < -0.3 is 10.2 Å². The Morgan fingerprint density at radius 3 is 2.75 bits per heavy atom. The monoisotopic (exact) mass is 421 g/mol. The first-order valence-corrected chi connectivity index (χ1v) is 11.7.